The van der Waals surface area contributed by atoms with Gasteiger partial charge in [-0.1, -0.05) is 0 Å². The van der Waals surface area contributed by atoms with Crippen molar-refractivity contribution in [2.45, 2.75) is 6.92 Å². The van der Waals surface area contributed by atoms with Gasteiger partial charge in [0.15, 0.2) is 17.4 Å². The van der Waals surface area contributed by atoms with Crippen LogP contribution in [0.15, 0.2) is 54.7 Å². The molecule has 4 rings (SSSR count). The fourth-order valence-electron chi connectivity index (χ4n) is 3.43. The molecule has 7 nitrogen and oxygen atoms in total. The number of rotatable bonds is 8. The van der Waals surface area contributed by atoms with Gasteiger partial charge in [0.25, 0.3) is 5.91 Å². The molecule has 0 radical (unpaired) electrons. The molecule has 0 aliphatic carbocycles. The minimum Gasteiger partial charge on any atom is -0.492 e. The van der Waals surface area contributed by atoms with Crippen LogP contribution in [0.4, 0.5) is 8.78 Å². The molecule has 0 unspecified atom stereocenters. The van der Waals surface area contributed by atoms with Gasteiger partial charge in [0.1, 0.15) is 18.1 Å². The number of pyridine rings is 2. The van der Waals surface area contributed by atoms with E-state index in [0.29, 0.717) is 35.5 Å². The van der Waals surface area contributed by atoms with Crippen LogP contribution in [-0.4, -0.2) is 36.1 Å². The van der Waals surface area contributed by atoms with Crippen LogP contribution < -0.4 is 20.5 Å². The molecule has 9 heteroatoms. The molecule has 0 saturated carbocycles. The number of aromatic nitrogens is 2. The summed E-state index contributed by atoms with van der Waals surface area (Å²) in [5, 5.41) is 3.55. The molecule has 0 aliphatic heterocycles. The minimum atomic E-state index is -0.953. The number of amides is 1. The van der Waals surface area contributed by atoms with Crippen molar-refractivity contribution in [3.8, 4) is 28.5 Å². The highest BCUT2D eigenvalue weighted by Crippen LogP contribution is 2.36. The van der Waals surface area contributed by atoms with E-state index in [1.54, 1.807) is 31.2 Å². The number of nitrogens with one attached hydrogen (secondary N) is 1. The highest BCUT2D eigenvalue weighted by molar-refractivity contribution is 5.98. The van der Waals surface area contributed by atoms with Gasteiger partial charge < -0.3 is 20.5 Å². The van der Waals surface area contributed by atoms with Gasteiger partial charge in [0.05, 0.1) is 16.8 Å². The fraction of sp³-hybridized carbons (Fsp3) is 0.160. The molecule has 0 saturated heterocycles. The standard InChI is InChI=1S/C25H22F2N4O3/c1-14-3-5-18(25(28)32)23(31-14)15-11-19(26)24(20(27)12-15)34-22-7-8-30-21-13-16(4-6-17(21)22)33-10-9-29-2/h3-8,11-13,29H,9-10H2,1-2H3,(H2,28,32). The summed E-state index contributed by atoms with van der Waals surface area (Å²) in [5.74, 6) is -2.40. The third kappa shape index (κ3) is 4.79. The largest absolute Gasteiger partial charge is 0.492 e. The van der Waals surface area contributed by atoms with Crippen LogP contribution >= 0.6 is 0 Å². The molecule has 2 aromatic heterocycles. The number of hydrogen-bond acceptors (Lipinski definition) is 6. The van der Waals surface area contributed by atoms with Gasteiger partial charge in [-0.25, -0.2) is 8.78 Å². The maximum Gasteiger partial charge on any atom is 0.250 e. The van der Waals surface area contributed by atoms with Crippen LogP contribution in [0.1, 0.15) is 16.1 Å². The second-order valence-corrected chi connectivity index (χ2v) is 7.52. The molecule has 3 N–H and O–H groups in total. The van der Waals surface area contributed by atoms with E-state index in [4.69, 9.17) is 15.2 Å². The lowest BCUT2D eigenvalue weighted by molar-refractivity contribution is 0.100. The number of nitrogens with zero attached hydrogens (tertiary/aromatic N) is 2. The first-order valence-electron chi connectivity index (χ1n) is 10.5. The molecule has 2 aromatic carbocycles. The van der Waals surface area contributed by atoms with Crippen molar-refractivity contribution in [3.63, 3.8) is 0 Å². The van der Waals surface area contributed by atoms with Crippen molar-refractivity contribution < 1.29 is 23.0 Å². The predicted octanol–water partition coefficient (Wildman–Crippen LogP) is 4.37. The Hall–Kier alpha value is -4.11. The smallest absolute Gasteiger partial charge is 0.250 e. The van der Waals surface area contributed by atoms with E-state index in [0.717, 1.165) is 12.1 Å². The number of primary amides is 1. The molecule has 1 amide bonds. The first kappa shape index (κ1) is 23.1. The number of benzene rings is 2. The molecular weight excluding hydrogens is 442 g/mol. The lowest BCUT2D eigenvalue weighted by Crippen LogP contribution is -2.15. The Kier molecular flexibility index (Phi) is 6.65. The highest BCUT2D eigenvalue weighted by Gasteiger charge is 2.19. The summed E-state index contributed by atoms with van der Waals surface area (Å²) in [6.07, 6.45) is 1.48. The lowest BCUT2D eigenvalue weighted by atomic mass is 10.0. The fourth-order valence-corrected chi connectivity index (χ4v) is 3.43. The van der Waals surface area contributed by atoms with E-state index in [2.05, 4.69) is 15.3 Å². The van der Waals surface area contributed by atoms with E-state index in [-0.39, 0.29) is 22.6 Å². The Morgan fingerprint density at radius 3 is 2.56 bits per heavy atom. The Bertz CT molecular complexity index is 1350. The number of ether oxygens (including phenoxy) is 2. The Labute approximate surface area is 194 Å². The zero-order valence-corrected chi connectivity index (χ0v) is 18.6. The van der Waals surface area contributed by atoms with Crippen molar-refractivity contribution in [1.82, 2.24) is 15.3 Å². The summed E-state index contributed by atoms with van der Waals surface area (Å²) in [6.45, 7) is 2.86. The molecule has 0 spiro atoms. The molecule has 0 bridgehead atoms. The first-order valence-corrected chi connectivity index (χ1v) is 10.5. The minimum absolute atomic E-state index is 0.0611. The normalized spacial score (nSPS) is 10.9. The van der Waals surface area contributed by atoms with Gasteiger partial charge in [0, 0.05) is 35.5 Å². The summed E-state index contributed by atoms with van der Waals surface area (Å²) < 4.78 is 41.3. The third-order valence-electron chi connectivity index (χ3n) is 5.08. The quantitative estimate of drug-likeness (QED) is 0.376. The molecule has 174 valence electrons. The van der Waals surface area contributed by atoms with Crippen LogP contribution in [0.5, 0.6) is 17.2 Å². The first-order chi connectivity index (χ1) is 16.4. The van der Waals surface area contributed by atoms with Gasteiger partial charge in [-0.15, -0.1) is 0 Å². The van der Waals surface area contributed by atoms with Crippen molar-refractivity contribution in [2.24, 2.45) is 5.73 Å². The number of carbonyl (C=O) groups is 1. The van der Waals surface area contributed by atoms with E-state index in [1.165, 1.54) is 18.3 Å². The van der Waals surface area contributed by atoms with Crippen molar-refractivity contribution in [3.05, 3.63) is 77.6 Å². The van der Waals surface area contributed by atoms with E-state index in [1.807, 2.05) is 7.05 Å². The second-order valence-electron chi connectivity index (χ2n) is 7.52. The van der Waals surface area contributed by atoms with Crippen LogP contribution in [0, 0.1) is 18.6 Å². The average molecular weight is 464 g/mol. The highest BCUT2D eigenvalue weighted by atomic mass is 19.1. The lowest BCUT2D eigenvalue weighted by Gasteiger charge is -2.13. The summed E-state index contributed by atoms with van der Waals surface area (Å²) in [7, 11) is 1.83. The van der Waals surface area contributed by atoms with Gasteiger partial charge in [-0.3, -0.25) is 14.8 Å². The summed E-state index contributed by atoms with van der Waals surface area (Å²) in [4.78, 5) is 20.3. The second kappa shape index (κ2) is 9.80. The van der Waals surface area contributed by atoms with Crippen LogP contribution in [0.3, 0.4) is 0 Å². The van der Waals surface area contributed by atoms with Gasteiger partial charge in [-0.2, -0.15) is 0 Å². The Morgan fingerprint density at radius 1 is 1.09 bits per heavy atom. The van der Waals surface area contributed by atoms with Crippen molar-refractivity contribution in [1.29, 1.82) is 0 Å². The Morgan fingerprint density at radius 2 is 1.85 bits per heavy atom. The molecule has 4 aromatic rings. The molecule has 2 heterocycles. The zero-order chi connectivity index (χ0) is 24.2. The number of fused-ring (bicyclic) bond motifs is 1. The molecule has 0 aliphatic rings. The van der Waals surface area contributed by atoms with E-state index in [9.17, 15) is 4.79 Å². The summed E-state index contributed by atoms with van der Waals surface area (Å²) in [6, 6.07) is 11.9. The maximum absolute atomic E-state index is 15.0. The maximum atomic E-state index is 15.0. The number of carbonyl (C=O) groups excluding carboxylic acids is 1. The average Bonchev–Trinajstić information content (AvgIpc) is 2.81. The van der Waals surface area contributed by atoms with Gasteiger partial charge in [-0.05, 0) is 56.4 Å². The molecule has 0 fully saturated rings. The van der Waals surface area contributed by atoms with Crippen molar-refractivity contribution in [2.75, 3.05) is 20.2 Å². The van der Waals surface area contributed by atoms with E-state index < -0.39 is 23.3 Å². The van der Waals surface area contributed by atoms with Crippen LogP contribution in [0.25, 0.3) is 22.2 Å². The number of likely N-dealkylation sites (N-methyl/N-ethyl adjacent to an activating group) is 1. The third-order valence-corrected chi connectivity index (χ3v) is 5.08. The predicted molar refractivity (Wildman–Crippen MR) is 124 cm³/mol. The van der Waals surface area contributed by atoms with Gasteiger partial charge in [0.2, 0.25) is 0 Å². The monoisotopic (exact) mass is 464 g/mol. The van der Waals surface area contributed by atoms with Gasteiger partial charge >= 0.3 is 0 Å². The molecule has 34 heavy (non-hydrogen) atoms. The molecular formula is C25H22F2N4O3. The zero-order valence-electron chi connectivity index (χ0n) is 18.6. The Balaban J connectivity index is 1.68. The number of halogens is 2. The van der Waals surface area contributed by atoms with E-state index >= 15 is 8.78 Å². The summed E-state index contributed by atoms with van der Waals surface area (Å²) in [5.41, 5.74) is 6.74. The SMILES string of the molecule is CNCCOc1ccc2c(Oc3c(F)cc(-c4nc(C)ccc4C(N)=O)cc3F)ccnc2c1. The number of nitrogens with two attached hydrogens (primary N) is 1. The van der Waals surface area contributed by atoms with Crippen LogP contribution in [0.2, 0.25) is 0 Å². The van der Waals surface area contributed by atoms with Crippen LogP contribution in [-0.2, 0) is 0 Å². The summed E-state index contributed by atoms with van der Waals surface area (Å²) >= 11 is 0. The molecule has 0 atom stereocenters. The topological polar surface area (TPSA) is 99.4 Å². The van der Waals surface area contributed by atoms with Crippen molar-refractivity contribution >= 4 is 16.8 Å². The number of hydrogen-bond donors (Lipinski definition) is 2. The number of aryl methyl sites for hydroxylation is 1.